The first-order valence-electron chi connectivity index (χ1n) is 8.09. The Labute approximate surface area is 160 Å². The second kappa shape index (κ2) is 6.16. The molecule has 2 aromatic heterocycles. The molecule has 0 amide bonds. The van der Waals surface area contributed by atoms with Gasteiger partial charge >= 0.3 is 6.18 Å². The first kappa shape index (κ1) is 18.7. The number of hydrogen-bond acceptors (Lipinski definition) is 3. The summed E-state index contributed by atoms with van der Waals surface area (Å²) >= 11 is 6.27. The minimum atomic E-state index is -4.81. The van der Waals surface area contributed by atoms with Crippen molar-refractivity contribution in [3.8, 4) is 11.3 Å². The van der Waals surface area contributed by atoms with Gasteiger partial charge in [0.15, 0.2) is 5.65 Å². The maximum Gasteiger partial charge on any atom is 0.453 e. The lowest BCUT2D eigenvalue weighted by molar-refractivity contribution is -0.144. The average molecular weight is 415 g/mol. The molecule has 1 aromatic carbocycles. The average Bonchev–Trinajstić information content (AvgIpc) is 3.18. The number of hydrogen-bond donors (Lipinski definition) is 1. The van der Waals surface area contributed by atoms with E-state index in [4.69, 9.17) is 11.6 Å². The number of aromatic nitrogens is 3. The molecule has 0 saturated heterocycles. The van der Waals surface area contributed by atoms with Crippen molar-refractivity contribution in [2.45, 2.75) is 25.9 Å². The Morgan fingerprint density at radius 2 is 1.96 bits per heavy atom. The highest BCUT2D eigenvalue weighted by Crippen LogP contribution is 2.41. The van der Waals surface area contributed by atoms with Gasteiger partial charge in [-0.2, -0.15) is 13.2 Å². The summed E-state index contributed by atoms with van der Waals surface area (Å²) in [4.78, 5) is 3.50. The highest BCUT2D eigenvalue weighted by molar-refractivity contribution is 6.34. The van der Waals surface area contributed by atoms with E-state index in [1.807, 2.05) is 0 Å². The minimum absolute atomic E-state index is 0.147. The van der Waals surface area contributed by atoms with Crippen molar-refractivity contribution in [3.05, 3.63) is 58.0 Å². The number of nitrogens with zero attached hydrogens (tertiary/aromatic N) is 3. The molecule has 28 heavy (non-hydrogen) atoms. The summed E-state index contributed by atoms with van der Waals surface area (Å²) in [6.45, 7) is 5.21. The number of alkyl halides is 5. The summed E-state index contributed by atoms with van der Waals surface area (Å²) in [5.41, 5.74) is 1.58. The molecule has 4 rings (SSSR count). The number of aryl methyl sites for hydroxylation is 1. The molecule has 0 bridgehead atoms. The van der Waals surface area contributed by atoms with Crippen molar-refractivity contribution in [1.82, 2.24) is 14.6 Å². The van der Waals surface area contributed by atoms with E-state index in [1.54, 1.807) is 6.07 Å². The molecule has 3 aromatic rings. The van der Waals surface area contributed by atoms with E-state index in [1.165, 1.54) is 13.0 Å². The van der Waals surface area contributed by atoms with Crippen molar-refractivity contribution in [1.29, 1.82) is 0 Å². The summed E-state index contributed by atoms with van der Waals surface area (Å²) < 4.78 is 67.7. The van der Waals surface area contributed by atoms with Gasteiger partial charge in [0.1, 0.15) is 0 Å². The van der Waals surface area contributed by atoms with Crippen molar-refractivity contribution < 1.29 is 22.0 Å². The van der Waals surface area contributed by atoms with Gasteiger partial charge < -0.3 is 5.32 Å². The van der Waals surface area contributed by atoms with Gasteiger partial charge in [0.25, 0.3) is 12.2 Å². The fraction of sp³-hybridized carbons (Fsp3) is 0.222. The Morgan fingerprint density at radius 3 is 2.61 bits per heavy atom. The smallest absolute Gasteiger partial charge is 0.358 e. The molecule has 0 saturated carbocycles. The Morgan fingerprint density at radius 1 is 1.25 bits per heavy atom. The number of benzene rings is 1. The molecule has 0 radical (unpaired) electrons. The number of pyridine rings is 1. The van der Waals surface area contributed by atoms with Crippen LogP contribution in [0.5, 0.6) is 0 Å². The van der Waals surface area contributed by atoms with Crippen LogP contribution in [0.1, 0.15) is 28.9 Å². The van der Waals surface area contributed by atoms with E-state index in [9.17, 15) is 22.0 Å². The minimum Gasteiger partial charge on any atom is -0.358 e. The van der Waals surface area contributed by atoms with Gasteiger partial charge in [-0.1, -0.05) is 18.2 Å². The molecular weight excluding hydrogens is 403 g/mol. The van der Waals surface area contributed by atoms with Crippen LogP contribution >= 0.6 is 11.6 Å². The summed E-state index contributed by atoms with van der Waals surface area (Å²) in [6, 6.07) is 4.14. The normalized spacial score (nSPS) is 14.1. The number of anilines is 1. The number of rotatable bonds is 2. The van der Waals surface area contributed by atoms with Crippen LogP contribution < -0.4 is 5.32 Å². The summed E-state index contributed by atoms with van der Waals surface area (Å²) in [7, 11) is 0. The quantitative estimate of drug-likeness (QED) is 0.539. The fourth-order valence-corrected chi connectivity index (χ4v) is 3.60. The van der Waals surface area contributed by atoms with Gasteiger partial charge in [-0.05, 0) is 36.2 Å². The van der Waals surface area contributed by atoms with E-state index in [-0.39, 0.29) is 27.5 Å². The van der Waals surface area contributed by atoms with Crippen LogP contribution in [0.25, 0.3) is 16.9 Å². The third-order valence-corrected chi connectivity index (χ3v) is 4.75. The van der Waals surface area contributed by atoms with Gasteiger partial charge in [-0.15, -0.1) is 5.10 Å². The fourth-order valence-electron chi connectivity index (χ4n) is 3.32. The Hall–Kier alpha value is -2.68. The van der Waals surface area contributed by atoms with Crippen molar-refractivity contribution in [2.24, 2.45) is 0 Å². The largest absolute Gasteiger partial charge is 0.453 e. The molecule has 10 heteroatoms. The molecule has 0 atom stereocenters. The SMILES string of the molecule is C=C1Cc2cc(-c3c(C(F)F)cc(C)c4nc(C(F)(F)F)nn34)cc(Cl)c2N1. The van der Waals surface area contributed by atoms with Crippen LogP contribution in [0, 0.1) is 6.92 Å². The molecule has 0 aliphatic carbocycles. The van der Waals surface area contributed by atoms with Crippen molar-refractivity contribution in [3.63, 3.8) is 0 Å². The molecular formula is C18H12ClF5N4. The van der Waals surface area contributed by atoms with E-state index >= 15 is 0 Å². The zero-order valence-corrected chi connectivity index (χ0v) is 15.1. The molecule has 0 spiro atoms. The van der Waals surface area contributed by atoms with Crippen molar-refractivity contribution >= 4 is 22.9 Å². The summed E-state index contributed by atoms with van der Waals surface area (Å²) in [6.07, 6.45) is -7.32. The first-order valence-corrected chi connectivity index (χ1v) is 8.47. The third kappa shape index (κ3) is 2.90. The second-order valence-electron chi connectivity index (χ2n) is 6.50. The van der Waals surface area contributed by atoms with E-state index < -0.39 is 24.0 Å². The van der Waals surface area contributed by atoms with Crippen LogP contribution in [-0.4, -0.2) is 14.6 Å². The van der Waals surface area contributed by atoms with E-state index in [0.717, 1.165) is 10.6 Å². The topological polar surface area (TPSA) is 42.2 Å². The number of allylic oxidation sites excluding steroid dienone is 1. The summed E-state index contributed by atoms with van der Waals surface area (Å²) in [5.74, 6) is -1.40. The Bertz CT molecular complexity index is 1130. The Balaban J connectivity index is 2.06. The van der Waals surface area contributed by atoms with Crippen LogP contribution in [-0.2, 0) is 12.6 Å². The molecule has 146 valence electrons. The molecule has 0 fully saturated rings. The lowest BCUT2D eigenvalue weighted by Crippen LogP contribution is -2.08. The van der Waals surface area contributed by atoms with Crippen LogP contribution in [0.3, 0.4) is 0 Å². The van der Waals surface area contributed by atoms with Gasteiger partial charge in [-0.3, -0.25) is 0 Å². The highest BCUT2D eigenvalue weighted by Gasteiger charge is 2.37. The zero-order valence-electron chi connectivity index (χ0n) is 14.3. The summed E-state index contributed by atoms with van der Waals surface area (Å²) in [5, 5.41) is 6.71. The molecule has 1 aliphatic rings. The predicted molar refractivity (Wildman–Crippen MR) is 94.6 cm³/mol. The second-order valence-corrected chi connectivity index (χ2v) is 6.91. The lowest BCUT2D eigenvalue weighted by Gasteiger charge is -2.14. The molecule has 0 unspecified atom stereocenters. The van der Waals surface area contributed by atoms with Gasteiger partial charge in [0.2, 0.25) is 0 Å². The van der Waals surface area contributed by atoms with Crippen molar-refractivity contribution in [2.75, 3.05) is 5.32 Å². The highest BCUT2D eigenvalue weighted by atomic mass is 35.5. The number of nitrogens with one attached hydrogen (secondary N) is 1. The monoisotopic (exact) mass is 414 g/mol. The van der Waals surface area contributed by atoms with Crippen LogP contribution in [0.2, 0.25) is 5.02 Å². The predicted octanol–water partition coefficient (Wildman–Crippen LogP) is 5.80. The van der Waals surface area contributed by atoms with Crippen LogP contribution in [0.4, 0.5) is 27.6 Å². The first-order chi connectivity index (χ1) is 13.1. The molecule has 3 heterocycles. The van der Waals surface area contributed by atoms with Gasteiger partial charge in [-0.25, -0.2) is 18.3 Å². The van der Waals surface area contributed by atoms with E-state index in [2.05, 4.69) is 22.0 Å². The number of fused-ring (bicyclic) bond motifs is 2. The third-order valence-electron chi connectivity index (χ3n) is 4.46. The van der Waals surface area contributed by atoms with E-state index in [0.29, 0.717) is 23.4 Å². The van der Waals surface area contributed by atoms with Gasteiger partial charge in [0.05, 0.1) is 16.4 Å². The van der Waals surface area contributed by atoms with Gasteiger partial charge in [0, 0.05) is 23.2 Å². The maximum atomic E-state index is 13.8. The standard InChI is InChI=1S/C18H12ClF5N4/c1-7-3-11(15(20)21)14(28-16(7)26-17(27-28)18(22,23)24)10-5-9-4-8(2)25-13(9)12(19)6-10/h3,5-6,15,25H,2,4H2,1H3. The van der Waals surface area contributed by atoms with Crippen LogP contribution in [0.15, 0.2) is 30.5 Å². The Kier molecular flexibility index (Phi) is 4.11. The lowest BCUT2D eigenvalue weighted by atomic mass is 10.0. The molecule has 4 nitrogen and oxygen atoms in total. The molecule has 1 N–H and O–H groups in total. The maximum absolute atomic E-state index is 13.8. The number of halogens is 6. The zero-order chi connectivity index (χ0) is 20.4. The molecule has 1 aliphatic heterocycles.